The van der Waals surface area contributed by atoms with Crippen molar-refractivity contribution in [2.75, 3.05) is 7.05 Å². The molecule has 0 spiro atoms. The monoisotopic (exact) mass is 537 g/mol. The van der Waals surface area contributed by atoms with Crippen LogP contribution >= 0.6 is 0 Å². The fourth-order valence-electron chi connectivity index (χ4n) is 4.55. The van der Waals surface area contributed by atoms with Gasteiger partial charge in [-0.3, -0.25) is 9.69 Å². The summed E-state index contributed by atoms with van der Waals surface area (Å²) >= 11 is 0. The molecule has 0 aliphatic rings. The second-order valence-corrected chi connectivity index (χ2v) is 10.6. The van der Waals surface area contributed by atoms with Crippen molar-refractivity contribution in [3.8, 4) is 34.0 Å². The van der Waals surface area contributed by atoms with E-state index < -0.39 is 28.8 Å². The van der Waals surface area contributed by atoms with E-state index in [1.54, 1.807) is 69.1 Å². The summed E-state index contributed by atoms with van der Waals surface area (Å²) in [4.78, 5) is 18.0. The number of likely N-dealkylation sites (N-methyl/N-ethyl adjacent to an activating group) is 1. The summed E-state index contributed by atoms with van der Waals surface area (Å²) in [6, 6.07) is 18.2. The van der Waals surface area contributed by atoms with Crippen LogP contribution in [0.25, 0.3) is 34.0 Å². The van der Waals surface area contributed by atoms with E-state index >= 15 is 0 Å². The molecule has 0 amide bonds. The summed E-state index contributed by atoms with van der Waals surface area (Å²) in [5.74, 6) is -0.788. The van der Waals surface area contributed by atoms with Gasteiger partial charge in [0, 0.05) is 16.7 Å². The van der Waals surface area contributed by atoms with Crippen molar-refractivity contribution in [2.24, 2.45) is 0 Å². The quantitative estimate of drug-likeness (QED) is 0.264. The van der Waals surface area contributed by atoms with Gasteiger partial charge in [0.05, 0.1) is 5.56 Å². The van der Waals surface area contributed by atoms with Crippen molar-refractivity contribution < 1.29 is 27.6 Å². The first-order valence-electron chi connectivity index (χ1n) is 12.3. The third kappa shape index (κ3) is 5.31. The fourth-order valence-corrected chi connectivity index (χ4v) is 4.55. The fraction of sp³-hybridized carbons (Fsp3) is 0.300. The number of carbonyl (C=O) groups is 1. The van der Waals surface area contributed by atoms with Crippen molar-refractivity contribution in [2.45, 2.75) is 51.9 Å². The Labute approximate surface area is 225 Å². The Morgan fingerprint density at radius 1 is 0.897 bits per heavy atom. The van der Waals surface area contributed by atoms with Gasteiger partial charge < -0.3 is 9.63 Å². The zero-order valence-corrected chi connectivity index (χ0v) is 22.6. The summed E-state index contributed by atoms with van der Waals surface area (Å²) < 4.78 is 47.6. The molecule has 9 heteroatoms. The molecule has 0 atom stereocenters. The summed E-state index contributed by atoms with van der Waals surface area (Å²) in [6.07, 6.45) is -4.59. The number of nitrogens with zero attached hydrogens (tertiary/aromatic N) is 3. The Hall–Kier alpha value is -3.98. The average Bonchev–Trinajstić information content (AvgIpc) is 3.38. The first-order chi connectivity index (χ1) is 18.1. The summed E-state index contributed by atoms with van der Waals surface area (Å²) in [5.41, 5.74) is 0.243. The van der Waals surface area contributed by atoms with Gasteiger partial charge in [-0.05, 0) is 82.1 Å². The van der Waals surface area contributed by atoms with Gasteiger partial charge in [-0.1, -0.05) is 53.7 Å². The van der Waals surface area contributed by atoms with Gasteiger partial charge in [0.2, 0.25) is 5.82 Å². The van der Waals surface area contributed by atoms with E-state index in [1.807, 2.05) is 26.0 Å². The maximum absolute atomic E-state index is 14.1. The number of aliphatic carboxylic acids is 1. The number of hydrogen-bond donors (Lipinski definition) is 1. The van der Waals surface area contributed by atoms with E-state index in [2.05, 4.69) is 10.1 Å². The molecule has 1 heterocycles. The summed E-state index contributed by atoms with van der Waals surface area (Å²) in [7, 11) is 1.74. The molecule has 1 N–H and O–H groups in total. The molecule has 4 rings (SSSR count). The number of carboxylic acids is 1. The third-order valence-corrected chi connectivity index (χ3v) is 7.46. The molecule has 0 bridgehead atoms. The van der Waals surface area contributed by atoms with Crippen LogP contribution in [0.1, 0.15) is 44.4 Å². The second-order valence-electron chi connectivity index (χ2n) is 10.6. The van der Waals surface area contributed by atoms with Crippen molar-refractivity contribution in [3.63, 3.8) is 0 Å². The molecule has 4 aromatic rings. The first-order valence-corrected chi connectivity index (χ1v) is 12.3. The second kappa shape index (κ2) is 9.96. The van der Waals surface area contributed by atoms with Crippen LogP contribution < -0.4 is 0 Å². The van der Waals surface area contributed by atoms with Crippen molar-refractivity contribution in [1.29, 1.82) is 0 Å². The van der Waals surface area contributed by atoms with Crippen LogP contribution in [0.3, 0.4) is 0 Å². The zero-order chi connectivity index (χ0) is 28.8. The molecule has 0 radical (unpaired) electrons. The Morgan fingerprint density at radius 3 is 2.23 bits per heavy atom. The average molecular weight is 538 g/mol. The summed E-state index contributed by atoms with van der Waals surface area (Å²) in [6.45, 7) is 8.85. The topological polar surface area (TPSA) is 79.5 Å². The highest BCUT2D eigenvalue weighted by atomic mass is 19.4. The Kier molecular flexibility index (Phi) is 7.16. The van der Waals surface area contributed by atoms with Gasteiger partial charge in [0.1, 0.15) is 5.54 Å². The Morgan fingerprint density at radius 2 is 1.59 bits per heavy atom. The van der Waals surface area contributed by atoms with Crippen molar-refractivity contribution in [1.82, 2.24) is 15.0 Å². The van der Waals surface area contributed by atoms with Crippen molar-refractivity contribution >= 4 is 5.97 Å². The molecular weight excluding hydrogens is 507 g/mol. The molecule has 39 heavy (non-hydrogen) atoms. The Balaban J connectivity index is 1.71. The molecule has 6 nitrogen and oxygen atoms in total. The van der Waals surface area contributed by atoms with Crippen LogP contribution in [0, 0.1) is 6.92 Å². The molecule has 0 fully saturated rings. The minimum atomic E-state index is -4.59. The van der Waals surface area contributed by atoms with E-state index in [0.717, 1.165) is 17.2 Å². The molecule has 0 saturated carbocycles. The highest BCUT2D eigenvalue weighted by Crippen LogP contribution is 2.40. The molecule has 0 aliphatic carbocycles. The number of benzene rings is 3. The van der Waals surface area contributed by atoms with Gasteiger partial charge in [0.15, 0.2) is 0 Å². The molecular formula is C30H30F3N3O3. The van der Waals surface area contributed by atoms with Crippen LogP contribution in [0.5, 0.6) is 0 Å². The SMILES string of the molecule is Cc1ccccc1-c1ccc(-c2nc(-c3cccc(C(C)(C)N(C)C(C)(C)C(=O)O)c3)no2)cc1C(F)(F)F. The number of halogens is 3. The maximum atomic E-state index is 14.1. The highest BCUT2D eigenvalue weighted by Gasteiger charge is 2.41. The van der Waals surface area contributed by atoms with Gasteiger partial charge >= 0.3 is 12.1 Å². The smallest absolute Gasteiger partial charge is 0.417 e. The normalized spacial score (nSPS) is 12.7. The van der Waals surface area contributed by atoms with E-state index in [1.165, 1.54) is 12.1 Å². The molecule has 3 aromatic carbocycles. The molecule has 1 aromatic heterocycles. The lowest BCUT2D eigenvalue weighted by Crippen LogP contribution is -2.55. The van der Waals surface area contributed by atoms with Crippen LogP contribution in [0.15, 0.2) is 71.3 Å². The van der Waals surface area contributed by atoms with Gasteiger partial charge in [-0.25, -0.2) is 0 Å². The predicted octanol–water partition coefficient (Wildman–Crippen LogP) is 7.43. The van der Waals surface area contributed by atoms with Gasteiger partial charge in [-0.15, -0.1) is 0 Å². The molecule has 0 unspecified atom stereocenters. The standard InChI is InChI=1S/C30H30F3N3O3/c1-18-10-7-8-13-22(18)23-15-14-20(17-24(23)30(31,32)33)26-34-25(35-39-26)19-11-9-12-21(16-19)28(2,3)36(6)29(4,5)27(37)38/h7-17H,1-6H3,(H,37,38). The predicted molar refractivity (Wildman–Crippen MR) is 143 cm³/mol. The van der Waals surface area contributed by atoms with E-state index in [0.29, 0.717) is 11.1 Å². The van der Waals surface area contributed by atoms with Crippen LogP contribution in [0.4, 0.5) is 13.2 Å². The van der Waals surface area contributed by atoms with Crippen molar-refractivity contribution in [3.05, 3.63) is 83.4 Å². The van der Waals surface area contributed by atoms with Gasteiger partial charge in [0.25, 0.3) is 5.89 Å². The number of alkyl halides is 3. The summed E-state index contributed by atoms with van der Waals surface area (Å²) in [5, 5.41) is 13.7. The molecule has 0 saturated heterocycles. The van der Waals surface area contributed by atoms with E-state index in [4.69, 9.17) is 4.52 Å². The minimum Gasteiger partial charge on any atom is -0.480 e. The highest BCUT2D eigenvalue weighted by molar-refractivity contribution is 5.78. The number of carboxylic acid groups (broad SMARTS) is 1. The number of aryl methyl sites for hydroxylation is 1. The largest absolute Gasteiger partial charge is 0.480 e. The van der Waals surface area contributed by atoms with E-state index in [-0.39, 0.29) is 22.8 Å². The Bertz CT molecular complexity index is 1520. The number of aromatic nitrogens is 2. The number of hydrogen-bond acceptors (Lipinski definition) is 5. The lowest BCUT2D eigenvalue weighted by atomic mass is 9.87. The van der Waals surface area contributed by atoms with Gasteiger partial charge in [-0.2, -0.15) is 18.2 Å². The lowest BCUT2D eigenvalue weighted by Gasteiger charge is -2.44. The number of rotatable bonds is 7. The van der Waals surface area contributed by atoms with Crippen LogP contribution in [-0.2, 0) is 16.5 Å². The molecule has 0 aliphatic heterocycles. The first kappa shape index (κ1) is 28.0. The lowest BCUT2D eigenvalue weighted by molar-refractivity contribution is -0.152. The maximum Gasteiger partial charge on any atom is 0.417 e. The molecule has 204 valence electrons. The zero-order valence-electron chi connectivity index (χ0n) is 22.6. The third-order valence-electron chi connectivity index (χ3n) is 7.46. The van der Waals surface area contributed by atoms with E-state index in [9.17, 15) is 23.1 Å². The van der Waals surface area contributed by atoms with Crippen LogP contribution in [-0.4, -0.2) is 38.7 Å². The van der Waals surface area contributed by atoms with Crippen LogP contribution in [0.2, 0.25) is 0 Å². The minimum absolute atomic E-state index is 0.0411.